The van der Waals surface area contributed by atoms with Crippen molar-refractivity contribution in [3.63, 3.8) is 0 Å². The van der Waals surface area contributed by atoms with Crippen LogP contribution in [0, 0.1) is 6.92 Å². The van der Waals surface area contributed by atoms with Crippen LogP contribution in [-0.2, 0) is 20.7 Å². The van der Waals surface area contributed by atoms with Gasteiger partial charge in [0, 0.05) is 12.3 Å². The van der Waals surface area contributed by atoms with Crippen LogP contribution >= 0.6 is 24.2 Å². The summed E-state index contributed by atoms with van der Waals surface area (Å²) in [5.41, 5.74) is 2.34. The van der Waals surface area contributed by atoms with Gasteiger partial charge in [0.25, 0.3) is 5.91 Å². The molecule has 9 heteroatoms. The minimum absolute atomic E-state index is 0.0352. The molecule has 7 nitrogen and oxygen atoms in total. The smallest absolute Gasteiger partial charge is 0.408 e. The summed E-state index contributed by atoms with van der Waals surface area (Å²) < 4.78 is 5.36. The van der Waals surface area contributed by atoms with Gasteiger partial charge in [-0.15, -0.1) is 0 Å². The van der Waals surface area contributed by atoms with Crippen molar-refractivity contribution >= 4 is 47.8 Å². The zero-order valence-corrected chi connectivity index (χ0v) is 24.8. The quantitative estimate of drug-likeness (QED) is 0.279. The molecule has 2 N–H and O–H groups in total. The lowest BCUT2D eigenvalue weighted by Crippen LogP contribution is -2.53. The van der Waals surface area contributed by atoms with Gasteiger partial charge >= 0.3 is 6.09 Å². The fourth-order valence-corrected chi connectivity index (χ4v) is 4.44. The van der Waals surface area contributed by atoms with E-state index in [0.717, 1.165) is 24.0 Å². The number of amides is 3. The number of benzene rings is 2. The third kappa shape index (κ3) is 8.95. The molecule has 0 aliphatic heterocycles. The monoisotopic (exact) mass is 561 g/mol. The second kappa shape index (κ2) is 14.4. The predicted octanol–water partition coefficient (Wildman–Crippen LogP) is 6.34. The van der Waals surface area contributed by atoms with Crippen LogP contribution in [0.5, 0.6) is 0 Å². The van der Waals surface area contributed by atoms with E-state index < -0.39 is 35.6 Å². The number of aryl methyl sites for hydroxylation is 2. The number of thiol groups is 1. The largest absolute Gasteiger partial charge is 0.444 e. The summed E-state index contributed by atoms with van der Waals surface area (Å²) in [5, 5.41) is 5.99. The molecule has 2 rings (SSSR count). The molecule has 0 radical (unpaired) electrons. The van der Waals surface area contributed by atoms with Crippen LogP contribution in [0.3, 0.4) is 0 Å². The highest BCUT2D eigenvalue weighted by Crippen LogP contribution is 2.30. The maximum absolute atomic E-state index is 13.9. The second-order valence-corrected chi connectivity index (χ2v) is 11.0. The van der Waals surface area contributed by atoms with E-state index in [0.29, 0.717) is 29.2 Å². The first-order valence-electron chi connectivity index (χ1n) is 13.0. The molecule has 0 aliphatic carbocycles. The predicted molar refractivity (Wildman–Crippen MR) is 157 cm³/mol. The van der Waals surface area contributed by atoms with E-state index in [-0.39, 0.29) is 5.75 Å². The van der Waals surface area contributed by atoms with Crippen LogP contribution in [0.4, 0.5) is 10.5 Å². The number of para-hydroxylation sites is 1. The molecule has 0 spiro atoms. The minimum Gasteiger partial charge on any atom is -0.444 e. The average Bonchev–Trinajstić information content (AvgIpc) is 2.86. The van der Waals surface area contributed by atoms with Crippen molar-refractivity contribution in [2.24, 2.45) is 0 Å². The SMILES string of the molecule is CCCCN(C(=O)C(CS)NC(=O)OC(C)(C)C)C(C(=O)Nc1c(C)cccc1Cl)c1ccc(CC)cc1. The number of hydrogen-bond acceptors (Lipinski definition) is 5. The van der Waals surface area contributed by atoms with Gasteiger partial charge in [-0.3, -0.25) is 9.59 Å². The molecule has 2 aromatic carbocycles. The van der Waals surface area contributed by atoms with Gasteiger partial charge in [-0.2, -0.15) is 12.6 Å². The van der Waals surface area contributed by atoms with Crippen molar-refractivity contribution in [3.05, 3.63) is 64.2 Å². The molecule has 2 aromatic rings. The lowest BCUT2D eigenvalue weighted by atomic mass is 10.00. The van der Waals surface area contributed by atoms with Crippen LogP contribution in [0.15, 0.2) is 42.5 Å². The van der Waals surface area contributed by atoms with Crippen LogP contribution in [-0.4, -0.2) is 46.7 Å². The Bertz CT molecular complexity index is 1080. The number of nitrogens with one attached hydrogen (secondary N) is 2. The highest BCUT2D eigenvalue weighted by molar-refractivity contribution is 7.80. The van der Waals surface area contributed by atoms with E-state index in [9.17, 15) is 14.4 Å². The van der Waals surface area contributed by atoms with Gasteiger partial charge in [0.05, 0.1) is 10.7 Å². The topological polar surface area (TPSA) is 87.7 Å². The number of rotatable bonds is 11. The van der Waals surface area contributed by atoms with Gasteiger partial charge < -0.3 is 20.3 Å². The van der Waals surface area contributed by atoms with E-state index in [2.05, 4.69) is 30.2 Å². The average molecular weight is 562 g/mol. The summed E-state index contributed by atoms with van der Waals surface area (Å²) in [6.45, 7) is 11.5. The van der Waals surface area contributed by atoms with Gasteiger partial charge in [0.1, 0.15) is 17.7 Å². The molecule has 208 valence electrons. The number of halogens is 1. The molecule has 0 bridgehead atoms. The van der Waals surface area contributed by atoms with Crippen LogP contribution in [0.1, 0.15) is 70.2 Å². The second-order valence-electron chi connectivity index (χ2n) is 10.2. The summed E-state index contributed by atoms with van der Waals surface area (Å²) in [6.07, 6.45) is 1.59. The highest BCUT2D eigenvalue weighted by atomic mass is 35.5. The lowest BCUT2D eigenvalue weighted by molar-refractivity contribution is -0.140. The molecule has 3 amide bonds. The Morgan fingerprint density at radius 1 is 1.08 bits per heavy atom. The highest BCUT2D eigenvalue weighted by Gasteiger charge is 2.36. The van der Waals surface area contributed by atoms with E-state index in [1.54, 1.807) is 26.8 Å². The van der Waals surface area contributed by atoms with Gasteiger partial charge in [0.2, 0.25) is 5.91 Å². The van der Waals surface area contributed by atoms with E-state index in [1.165, 1.54) is 4.90 Å². The van der Waals surface area contributed by atoms with Crippen molar-refractivity contribution in [2.45, 2.75) is 78.5 Å². The Hall–Kier alpha value is -2.71. The minimum atomic E-state index is -0.989. The van der Waals surface area contributed by atoms with Crippen molar-refractivity contribution in [3.8, 4) is 0 Å². The third-order valence-electron chi connectivity index (χ3n) is 5.94. The first-order valence-corrected chi connectivity index (χ1v) is 14.0. The zero-order valence-electron chi connectivity index (χ0n) is 23.1. The number of unbranched alkanes of at least 4 members (excludes halogenated alkanes) is 1. The molecular formula is C29H40ClN3O4S. The summed E-state index contributed by atoms with van der Waals surface area (Å²) >= 11 is 10.7. The van der Waals surface area contributed by atoms with E-state index in [1.807, 2.05) is 50.2 Å². The Kier molecular flexibility index (Phi) is 12.0. The Morgan fingerprint density at radius 2 is 1.74 bits per heavy atom. The first kappa shape index (κ1) is 31.5. The lowest BCUT2D eigenvalue weighted by Gasteiger charge is -2.34. The number of carbonyl (C=O) groups excluding carboxylic acids is 3. The van der Waals surface area contributed by atoms with Crippen molar-refractivity contribution in [1.82, 2.24) is 10.2 Å². The maximum Gasteiger partial charge on any atom is 0.408 e. The fraction of sp³-hybridized carbons (Fsp3) is 0.483. The summed E-state index contributed by atoms with van der Waals surface area (Å²) in [4.78, 5) is 41.8. The fourth-order valence-electron chi connectivity index (χ4n) is 3.92. The standard InChI is InChI=1S/C29H40ClN3O4S/c1-7-9-17-33(27(35)23(18-38)31-28(36)37-29(4,5)6)25(21-15-13-20(8-2)14-16-21)26(34)32-24-19(3)11-10-12-22(24)30/h10-16,23,25,38H,7-9,17-18H2,1-6H3,(H,31,36)(H,32,34). The third-order valence-corrected chi connectivity index (χ3v) is 6.62. The molecule has 0 heterocycles. The summed E-state index contributed by atoms with van der Waals surface area (Å²) in [7, 11) is 0. The number of carbonyl (C=O) groups is 3. The van der Waals surface area contributed by atoms with Crippen LogP contribution < -0.4 is 10.6 Å². The van der Waals surface area contributed by atoms with E-state index >= 15 is 0 Å². The first-order chi connectivity index (χ1) is 17.9. The molecule has 0 fully saturated rings. The number of nitrogens with zero attached hydrogens (tertiary/aromatic N) is 1. The molecule has 0 aromatic heterocycles. The summed E-state index contributed by atoms with van der Waals surface area (Å²) in [6, 6.07) is 11.1. The molecule has 0 saturated carbocycles. The molecule has 2 unspecified atom stereocenters. The van der Waals surface area contributed by atoms with Crippen molar-refractivity contribution in [2.75, 3.05) is 17.6 Å². The van der Waals surface area contributed by atoms with Crippen molar-refractivity contribution < 1.29 is 19.1 Å². The number of anilines is 1. The molecular weight excluding hydrogens is 522 g/mol. The number of ether oxygens (including phenoxy) is 1. The van der Waals surface area contributed by atoms with Gasteiger partial charge in [-0.05, 0) is 63.3 Å². The van der Waals surface area contributed by atoms with Gasteiger partial charge in [-0.1, -0.05) is 68.3 Å². The normalized spacial score (nSPS) is 12.8. The summed E-state index contributed by atoms with van der Waals surface area (Å²) in [5.74, 6) is -0.784. The zero-order chi connectivity index (χ0) is 28.5. The number of hydrogen-bond donors (Lipinski definition) is 3. The Labute approximate surface area is 237 Å². The van der Waals surface area contributed by atoms with Crippen LogP contribution in [0.25, 0.3) is 0 Å². The van der Waals surface area contributed by atoms with Gasteiger partial charge in [-0.25, -0.2) is 4.79 Å². The van der Waals surface area contributed by atoms with Crippen molar-refractivity contribution in [1.29, 1.82) is 0 Å². The Morgan fingerprint density at radius 3 is 2.26 bits per heavy atom. The molecule has 0 aliphatic rings. The molecule has 2 atom stereocenters. The Balaban J connectivity index is 2.51. The number of alkyl carbamates (subject to hydrolysis) is 1. The molecule has 0 saturated heterocycles. The van der Waals surface area contributed by atoms with E-state index in [4.69, 9.17) is 16.3 Å². The van der Waals surface area contributed by atoms with Gasteiger partial charge in [0.15, 0.2) is 0 Å². The van der Waals surface area contributed by atoms with Crippen LogP contribution in [0.2, 0.25) is 5.02 Å². The maximum atomic E-state index is 13.9. The molecule has 38 heavy (non-hydrogen) atoms.